The minimum Gasteiger partial charge on any atom is -0.362 e. The standard InChI is InChI=1S/C11H11NO2/c1-7(13)12-6-10-11(14-10)8-4-2-3-5-9(8)12/h2-5,10-11H,6H2,1H3/t10-,11+/m1/s1. The Kier molecular flexibility index (Phi) is 1.47. The van der Waals surface area contributed by atoms with Crippen molar-refractivity contribution in [3.63, 3.8) is 0 Å². The number of carbonyl (C=O) groups is 1. The third-order valence-electron chi connectivity index (χ3n) is 2.86. The molecule has 1 aromatic rings. The highest BCUT2D eigenvalue weighted by atomic mass is 16.6. The summed E-state index contributed by atoms with van der Waals surface area (Å²) in [6.45, 7) is 2.30. The number of anilines is 1. The minimum absolute atomic E-state index is 0.0893. The molecule has 0 bridgehead atoms. The number of amides is 1. The first-order valence-corrected chi connectivity index (χ1v) is 4.80. The van der Waals surface area contributed by atoms with E-state index in [0.717, 1.165) is 11.3 Å². The smallest absolute Gasteiger partial charge is 0.223 e. The third-order valence-corrected chi connectivity index (χ3v) is 2.86. The van der Waals surface area contributed by atoms with Gasteiger partial charge in [0.25, 0.3) is 0 Å². The molecule has 2 atom stereocenters. The number of nitrogens with zero attached hydrogens (tertiary/aromatic N) is 1. The Bertz CT molecular complexity index is 402. The molecule has 0 saturated carbocycles. The van der Waals surface area contributed by atoms with Crippen molar-refractivity contribution in [3.05, 3.63) is 29.8 Å². The summed E-state index contributed by atoms with van der Waals surface area (Å²) >= 11 is 0. The predicted octanol–water partition coefficient (Wildman–Crippen LogP) is 1.49. The lowest BCUT2D eigenvalue weighted by atomic mass is 10.0. The van der Waals surface area contributed by atoms with Crippen molar-refractivity contribution in [2.24, 2.45) is 0 Å². The quantitative estimate of drug-likeness (QED) is 0.579. The van der Waals surface area contributed by atoms with E-state index in [0.29, 0.717) is 6.54 Å². The van der Waals surface area contributed by atoms with Gasteiger partial charge in [-0.05, 0) is 6.07 Å². The van der Waals surface area contributed by atoms with E-state index in [1.807, 2.05) is 24.3 Å². The molecular weight excluding hydrogens is 178 g/mol. The highest BCUT2D eigenvalue weighted by molar-refractivity contribution is 5.93. The topological polar surface area (TPSA) is 32.8 Å². The predicted molar refractivity (Wildman–Crippen MR) is 52.1 cm³/mol. The van der Waals surface area contributed by atoms with Gasteiger partial charge in [0.1, 0.15) is 12.2 Å². The molecule has 0 radical (unpaired) electrons. The Labute approximate surface area is 82.3 Å². The fraction of sp³-hybridized carbons (Fsp3) is 0.364. The van der Waals surface area contributed by atoms with Gasteiger partial charge in [-0.15, -0.1) is 0 Å². The van der Waals surface area contributed by atoms with Crippen molar-refractivity contribution >= 4 is 11.6 Å². The van der Waals surface area contributed by atoms with Gasteiger partial charge in [-0.2, -0.15) is 0 Å². The van der Waals surface area contributed by atoms with Gasteiger partial charge in [0, 0.05) is 18.2 Å². The van der Waals surface area contributed by atoms with Gasteiger partial charge in [0.2, 0.25) is 5.91 Å². The van der Waals surface area contributed by atoms with Gasteiger partial charge in [-0.25, -0.2) is 0 Å². The SMILES string of the molecule is CC(=O)N1C[C@H]2O[C@H]2c2ccccc21. The van der Waals surface area contributed by atoms with Crippen molar-refractivity contribution in [1.82, 2.24) is 0 Å². The van der Waals surface area contributed by atoms with Crippen LogP contribution in [0.3, 0.4) is 0 Å². The van der Waals surface area contributed by atoms with Crippen LogP contribution < -0.4 is 4.90 Å². The van der Waals surface area contributed by atoms with Crippen LogP contribution in [0.15, 0.2) is 24.3 Å². The van der Waals surface area contributed by atoms with E-state index in [2.05, 4.69) is 0 Å². The molecule has 0 unspecified atom stereocenters. The summed E-state index contributed by atoms with van der Waals surface area (Å²) in [6, 6.07) is 7.96. The van der Waals surface area contributed by atoms with Gasteiger partial charge < -0.3 is 9.64 Å². The van der Waals surface area contributed by atoms with Crippen LogP contribution >= 0.6 is 0 Å². The van der Waals surface area contributed by atoms with Gasteiger partial charge in [0.05, 0.1) is 6.54 Å². The van der Waals surface area contributed by atoms with E-state index < -0.39 is 0 Å². The average Bonchev–Trinajstić information content (AvgIpc) is 2.95. The number of ether oxygens (including phenoxy) is 1. The normalized spacial score (nSPS) is 27.9. The third kappa shape index (κ3) is 0.990. The van der Waals surface area contributed by atoms with Crippen LogP contribution in [0.5, 0.6) is 0 Å². The number of benzene rings is 1. The fourth-order valence-electron chi connectivity index (χ4n) is 2.11. The molecule has 3 heteroatoms. The maximum atomic E-state index is 11.4. The molecule has 1 saturated heterocycles. The lowest BCUT2D eigenvalue weighted by Gasteiger charge is -2.25. The Morgan fingerprint density at radius 2 is 2.29 bits per heavy atom. The molecule has 2 heterocycles. The lowest BCUT2D eigenvalue weighted by Crippen LogP contribution is -2.35. The second kappa shape index (κ2) is 2.58. The molecule has 1 aromatic carbocycles. The molecule has 2 aliphatic rings. The second-order valence-corrected chi connectivity index (χ2v) is 3.78. The van der Waals surface area contributed by atoms with Crippen molar-refractivity contribution in [1.29, 1.82) is 0 Å². The number of rotatable bonds is 0. The maximum Gasteiger partial charge on any atom is 0.223 e. The average molecular weight is 189 g/mol. The first-order chi connectivity index (χ1) is 6.77. The highest BCUT2D eigenvalue weighted by Gasteiger charge is 2.47. The minimum atomic E-state index is 0.0893. The number of hydrogen-bond donors (Lipinski definition) is 0. The summed E-state index contributed by atoms with van der Waals surface area (Å²) in [4.78, 5) is 13.2. The number of para-hydroxylation sites is 1. The molecule has 0 aliphatic carbocycles. The van der Waals surface area contributed by atoms with Crippen LogP contribution in [0.2, 0.25) is 0 Å². The van der Waals surface area contributed by atoms with Crippen LogP contribution in [-0.4, -0.2) is 18.6 Å². The molecule has 72 valence electrons. The van der Waals surface area contributed by atoms with Gasteiger partial charge >= 0.3 is 0 Å². The van der Waals surface area contributed by atoms with E-state index in [1.165, 1.54) is 0 Å². The van der Waals surface area contributed by atoms with E-state index in [-0.39, 0.29) is 18.1 Å². The molecule has 14 heavy (non-hydrogen) atoms. The lowest BCUT2D eigenvalue weighted by molar-refractivity contribution is -0.116. The summed E-state index contributed by atoms with van der Waals surface area (Å²) in [5, 5.41) is 0. The first-order valence-electron chi connectivity index (χ1n) is 4.80. The van der Waals surface area contributed by atoms with Crippen LogP contribution in [-0.2, 0) is 9.53 Å². The Morgan fingerprint density at radius 1 is 1.50 bits per heavy atom. The van der Waals surface area contributed by atoms with Crippen molar-refractivity contribution in [2.75, 3.05) is 11.4 Å². The first kappa shape index (κ1) is 8.00. The molecule has 0 spiro atoms. The molecule has 2 aliphatic heterocycles. The van der Waals surface area contributed by atoms with E-state index in [4.69, 9.17) is 4.74 Å². The summed E-state index contributed by atoms with van der Waals surface area (Å²) in [6.07, 6.45) is 0.468. The Morgan fingerprint density at radius 3 is 3.07 bits per heavy atom. The second-order valence-electron chi connectivity index (χ2n) is 3.78. The van der Waals surface area contributed by atoms with Gasteiger partial charge in [0.15, 0.2) is 0 Å². The van der Waals surface area contributed by atoms with Crippen molar-refractivity contribution in [2.45, 2.75) is 19.1 Å². The monoisotopic (exact) mass is 189 g/mol. The van der Waals surface area contributed by atoms with E-state index >= 15 is 0 Å². The molecule has 3 rings (SSSR count). The molecule has 3 nitrogen and oxygen atoms in total. The molecule has 0 aromatic heterocycles. The zero-order valence-corrected chi connectivity index (χ0v) is 7.93. The number of fused-ring (bicyclic) bond motifs is 3. The largest absolute Gasteiger partial charge is 0.362 e. The van der Waals surface area contributed by atoms with Crippen LogP contribution in [0.4, 0.5) is 5.69 Å². The number of epoxide rings is 1. The summed E-state index contributed by atoms with van der Waals surface area (Å²) in [5.74, 6) is 0.0893. The van der Waals surface area contributed by atoms with Crippen LogP contribution in [0.1, 0.15) is 18.6 Å². The summed E-state index contributed by atoms with van der Waals surface area (Å²) in [7, 11) is 0. The van der Waals surface area contributed by atoms with Gasteiger partial charge in [-0.3, -0.25) is 4.79 Å². The summed E-state index contributed by atoms with van der Waals surface area (Å²) in [5.41, 5.74) is 2.16. The van der Waals surface area contributed by atoms with Gasteiger partial charge in [-0.1, -0.05) is 18.2 Å². The zero-order valence-electron chi connectivity index (χ0n) is 7.93. The fourth-order valence-corrected chi connectivity index (χ4v) is 2.11. The summed E-state index contributed by atoms with van der Waals surface area (Å²) < 4.78 is 5.49. The molecule has 1 amide bonds. The van der Waals surface area contributed by atoms with E-state index in [9.17, 15) is 4.79 Å². The molecule has 1 fully saturated rings. The number of hydrogen-bond acceptors (Lipinski definition) is 2. The van der Waals surface area contributed by atoms with Crippen molar-refractivity contribution in [3.8, 4) is 0 Å². The maximum absolute atomic E-state index is 11.4. The Balaban J connectivity index is 2.11. The van der Waals surface area contributed by atoms with Crippen LogP contribution in [0, 0.1) is 0 Å². The zero-order chi connectivity index (χ0) is 9.71. The number of carbonyl (C=O) groups excluding carboxylic acids is 1. The highest BCUT2D eigenvalue weighted by Crippen LogP contribution is 2.47. The Hall–Kier alpha value is -1.35. The molecule has 0 N–H and O–H groups in total. The van der Waals surface area contributed by atoms with Crippen LogP contribution in [0.25, 0.3) is 0 Å². The van der Waals surface area contributed by atoms with E-state index in [1.54, 1.807) is 11.8 Å². The van der Waals surface area contributed by atoms with Crippen molar-refractivity contribution < 1.29 is 9.53 Å². The molecular formula is C11H11NO2.